The predicted molar refractivity (Wildman–Crippen MR) is 137 cm³/mol. The van der Waals surface area contributed by atoms with Gasteiger partial charge in [0.05, 0.1) is 18.7 Å². The van der Waals surface area contributed by atoms with Crippen molar-refractivity contribution in [2.75, 3.05) is 40.0 Å². The van der Waals surface area contributed by atoms with Crippen LogP contribution < -0.4 is 20.7 Å². The second-order valence-electron chi connectivity index (χ2n) is 6.85. The fourth-order valence-corrected chi connectivity index (χ4v) is 2.79. The van der Waals surface area contributed by atoms with Gasteiger partial charge in [-0.05, 0) is 37.6 Å². The van der Waals surface area contributed by atoms with Crippen LogP contribution in [0.2, 0.25) is 0 Å². The number of rotatable bonds is 11. The molecule has 9 heteroatoms. The Hall–Kier alpha value is -2.53. The zero-order chi connectivity index (χ0) is 22.5. The van der Waals surface area contributed by atoms with Crippen LogP contribution in [0.1, 0.15) is 28.4 Å². The summed E-state index contributed by atoms with van der Waals surface area (Å²) in [7, 11) is 1.64. The predicted octanol–water partition coefficient (Wildman–Crippen LogP) is 2.83. The molecule has 0 aliphatic carbocycles. The van der Waals surface area contributed by atoms with Crippen molar-refractivity contribution >= 4 is 35.8 Å². The number of aromatic hydroxyl groups is 1. The summed E-state index contributed by atoms with van der Waals surface area (Å²) >= 11 is 0. The van der Waals surface area contributed by atoms with Gasteiger partial charge in [-0.1, -0.05) is 24.3 Å². The number of carbonyl (C=O) groups is 1. The van der Waals surface area contributed by atoms with E-state index in [9.17, 15) is 9.90 Å². The van der Waals surface area contributed by atoms with Gasteiger partial charge in [0.2, 0.25) is 0 Å². The van der Waals surface area contributed by atoms with E-state index in [0.29, 0.717) is 45.4 Å². The smallest absolute Gasteiger partial charge is 0.255 e. The maximum Gasteiger partial charge on any atom is 0.255 e. The maximum atomic E-state index is 12.2. The lowest BCUT2D eigenvalue weighted by Gasteiger charge is -2.14. The first-order valence-corrected chi connectivity index (χ1v) is 10.3. The summed E-state index contributed by atoms with van der Waals surface area (Å²) in [4.78, 5) is 16.8. The fourth-order valence-electron chi connectivity index (χ4n) is 2.79. The van der Waals surface area contributed by atoms with E-state index in [1.807, 2.05) is 32.0 Å². The normalized spacial score (nSPS) is 10.8. The first-order chi connectivity index (χ1) is 15.0. The Morgan fingerprint density at radius 2 is 1.81 bits per heavy atom. The zero-order valence-electron chi connectivity index (χ0n) is 18.8. The van der Waals surface area contributed by atoms with E-state index in [1.54, 1.807) is 25.3 Å². The molecule has 0 radical (unpaired) electrons. The molecule has 176 valence electrons. The number of nitrogens with one attached hydrogen (secondary N) is 3. The number of phenolic OH excluding ortho intramolecular Hbond substituents is 1. The molecule has 2 rings (SSSR count). The van der Waals surface area contributed by atoms with Gasteiger partial charge in [-0.15, -0.1) is 24.0 Å². The van der Waals surface area contributed by atoms with Gasteiger partial charge < -0.3 is 30.5 Å². The van der Waals surface area contributed by atoms with Crippen molar-refractivity contribution in [2.45, 2.75) is 20.4 Å². The van der Waals surface area contributed by atoms with Crippen LogP contribution in [0.3, 0.4) is 0 Å². The number of amides is 1. The Bertz CT molecular complexity index is 877. The number of phenols is 1. The van der Waals surface area contributed by atoms with E-state index in [0.717, 1.165) is 16.9 Å². The van der Waals surface area contributed by atoms with Crippen molar-refractivity contribution in [3.8, 4) is 11.5 Å². The van der Waals surface area contributed by atoms with Crippen LogP contribution in [0.15, 0.2) is 47.5 Å². The van der Waals surface area contributed by atoms with Gasteiger partial charge in [0, 0.05) is 32.3 Å². The van der Waals surface area contributed by atoms with Crippen LogP contribution in [-0.2, 0) is 11.3 Å². The SMILES string of the molecule is CCNC(=NCc1ccc(C)cc1OCCOC)NCCNC(=O)c1ccccc1O.I. The molecule has 0 fully saturated rings. The Morgan fingerprint density at radius 3 is 2.53 bits per heavy atom. The molecule has 0 bridgehead atoms. The molecule has 1 amide bonds. The summed E-state index contributed by atoms with van der Waals surface area (Å²) in [6.45, 7) is 7.03. The highest BCUT2D eigenvalue weighted by molar-refractivity contribution is 14.0. The third-order valence-corrected chi connectivity index (χ3v) is 4.37. The van der Waals surface area contributed by atoms with Crippen molar-refractivity contribution in [3.63, 3.8) is 0 Å². The van der Waals surface area contributed by atoms with Crippen molar-refractivity contribution in [1.82, 2.24) is 16.0 Å². The van der Waals surface area contributed by atoms with Gasteiger partial charge in [0.25, 0.3) is 5.91 Å². The number of ether oxygens (including phenoxy) is 2. The number of nitrogens with zero attached hydrogens (tertiary/aromatic N) is 1. The molecule has 8 nitrogen and oxygen atoms in total. The number of halogens is 1. The van der Waals surface area contributed by atoms with E-state index in [1.165, 1.54) is 6.07 Å². The van der Waals surface area contributed by atoms with Crippen LogP contribution >= 0.6 is 24.0 Å². The minimum absolute atomic E-state index is 0. The molecule has 0 aliphatic rings. The van der Waals surface area contributed by atoms with E-state index in [2.05, 4.69) is 20.9 Å². The number of hydrogen-bond acceptors (Lipinski definition) is 5. The summed E-state index contributed by atoms with van der Waals surface area (Å²) in [5.74, 6) is 1.08. The lowest BCUT2D eigenvalue weighted by Crippen LogP contribution is -2.41. The molecule has 0 aliphatic heterocycles. The molecular formula is C23H33IN4O4. The van der Waals surface area contributed by atoms with Crippen molar-refractivity contribution < 1.29 is 19.4 Å². The van der Waals surface area contributed by atoms with Gasteiger partial charge in [0.1, 0.15) is 18.1 Å². The third-order valence-electron chi connectivity index (χ3n) is 4.37. The molecule has 2 aromatic carbocycles. The van der Waals surface area contributed by atoms with Crippen LogP contribution in [0.5, 0.6) is 11.5 Å². The van der Waals surface area contributed by atoms with Gasteiger partial charge in [0.15, 0.2) is 5.96 Å². The van der Waals surface area contributed by atoms with Gasteiger partial charge in [-0.25, -0.2) is 4.99 Å². The highest BCUT2D eigenvalue weighted by atomic mass is 127. The quantitative estimate of drug-likeness (QED) is 0.147. The number of hydrogen-bond donors (Lipinski definition) is 4. The molecule has 0 aromatic heterocycles. The number of carbonyl (C=O) groups excluding carboxylic acids is 1. The van der Waals surface area contributed by atoms with E-state index in [-0.39, 0.29) is 41.2 Å². The Labute approximate surface area is 206 Å². The topological polar surface area (TPSA) is 104 Å². The zero-order valence-corrected chi connectivity index (χ0v) is 21.1. The van der Waals surface area contributed by atoms with Gasteiger partial charge in [-0.3, -0.25) is 4.79 Å². The minimum Gasteiger partial charge on any atom is -0.507 e. The highest BCUT2D eigenvalue weighted by Crippen LogP contribution is 2.21. The summed E-state index contributed by atoms with van der Waals surface area (Å²) in [6.07, 6.45) is 0. The Balaban J connectivity index is 0.00000512. The second-order valence-corrected chi connectivity index (χ2v) is 6.85. The lowest BCUT2D eigenvalue weighted by atomic mass is 10.1. The first-order valence-electron chi connectivity index (χ1n) is 10.3. The molecule has 2 aromatic rings. The molecule has 0 unspecified atom stereocenters. The number of benzene rings is 2. The third kappa shape index (κ3) is 9.31. The van der Waals surface area contributed by atoms with Crippen LogP contribution in [0.25, 0.3) is 0 Å². The molecule has 0 saturated heterocycles. The second kappa shape index (κ2) is 15.3. The summed E-state index contributed by atoms with van der Waals surface area (Å²) in [6, 6.07) is 12.5. The standard InChI is InChI=1S/C23H32N4O4.HI/c1-4-24-23(26-12-11-25-22(29)19-7-5-6-8-20(19)28)27-16-18-10-9-17(2)15-21(18)31-14-13-30-3;/h5-10,15,28H,4,11-14,16H2,1-3H3,(H,25,29)(H2,24,26,27);1H. The lowest BCUT2D eigenvalue weighted by molar-refractivity contribution is 0.0951. The van der Waals surface area contributed by atoms with Crippen LogP contribution in [0.4, 0.5) is 0 Å². The molecule has 0 heterocycles. The van der Waals surface area contributed by atoms with E-state index >= 15 is 0 Å². The van der Waals surface area contributed by atoms with Gasteiger partial charge >= 0.3 is 0 Å². The summed E-state index contributed by atoms with van der Waals surface area (Å²) in [5.41, 5.74) is 2.35. The summed E-state index contributed by atoms with van der Waals surface area (Å²) in [5, 5.41) is 18.9. The highest BCUT2D eigenvalue weighted by Gasteiger charge is 2.09. The van der Waals surface area contributed by atoms with Crippen molar-refractivity contribution in [2.24, 2.45) is 4.99 Å². The molecule has 0 saturated carbocycles. The average Bonchev–Trinajstić information content (AvgIpc) is 2.76. The van der Waals surface area contributed by atoms with E-state index < -0.39 is 0 Å². The Morgan fingerprint density at radius 1 is 1.06 bits per heavy atom. The van der Waals surface area contributed by atoms with Crippen molar-refractivity contribution in [3.05, 3.63) is 59.2 Å². The first kappa shape index (κ1) is 27.5. The number of aryl methyl sites for hydroxylation is 1. The van der Waals surface area contributed by atoms with E-state index in [4.69, 9.17) is 9.47 Å². The van der Waals surface area contributed by atoms with Crippen molar-refractivity contribution in [1.29, 1.82) is 0 Å². The molecular weight excluding hydrogens is 523 g/mol. The average molecular weight is 556 g/mol. The molecule has 0 atom stereocenters. The monoisotopic (exact) mass is 556 g/mol. The molecule has 4 N–H and O–H groups in total. The fraction of sp³-hybridized carbons (Fsp3) is 0.391. The van der Waals surface area contributed by atoms with Crippen LogP contribution in [-0.4, -0.2) is 56.9 Å². The molecule has 0 spiro atoms. The van der Waals surface area contributed by atoms with Gasteiger partial charge in [-0.2, -0.15) is 0 Å². The molecule has 32 heavy (non-hydrogen) atoms. The van der Waals surface area contributed by atoms with Crippen LogP contribution in [0, 0.1) is 6.92 Å². The number of guanidine groups is 1. The Kier molecular flexibility index (Phi) is 13.2. The number of para-hydroxylation sites is 1. The number of methoxy groups -OCH3 is 1. The summed E-state index contributed by atoms with van der Waals surface area (Å²) < 4.78 is 10.9. The number of aliphatic imine (C=N–C) groups is 1. The minimum atomic E-state index is -0.320. The largest absolute Gasteiger partial charge is 0.507 e. The maximum absolute atomic E-state index is 12.2.